The summed E-state index contributed by atoms with van der Waals surface area (Å²) in [5.41, 5.74) is 0.212. The molecule has 1 aromatic rings. The summed E-state index contributed by atoms with van der Waals surface area (Å²) in [6.45, 7) is 6.88. The number of halogens is 1. The summed E-state index contributed by atoms with van der Waals surface area (Å²) in [4.78, 5) is 29.2. The van der Waals surface area contributed by atoms with Crippen LogP contribution in [0.15, 0.2) is 24.3 Å². The van der Waals surface area contributed by atoms with Crippen LogP contribution < -0.4 is 0 Å². The molecule has 2 fully saturated rings. The van der Waals surface area contributed by atoms with Gasteiger partial charge in [-0.05, 0) is 17.7 Å². The molecule has 0 aliphatic carbocycles. The third kappa shape index (κ3) is 4.04. The summed E-state index contributed by atoms with van der Waals surface area (Å²) in [5, 5.41) is 0. The maximum absolute atomic E-state index is 13.5. The fourth-order valence-electron chi connectivity index (χ4n) is 3.25. The van der Waals surface area contributed by atoms with Crippen molar-refractivity contribution in [1.82, 2.24) is 9.80 Å². The molecule has 2 unspecified atom stereocenters. The number of rotatable bonds is 2. The summed E-state index contributed by atoms with van der Waals surface area (Å²) in [6.07, 6.45) is -0.343. The first-order chi connectivity index (χ1) is 12.3. The molecule has 2 heterocycles. The summed E-state index contributed by atoms with van der Waals surface area (Å²) < 4.78 is 19.2. The first kappa shape index (κ1) is 19.2. The van der Waals surface area contributed by atoms with E-state index < -0.39 is 11.5 Å². The number of benzene rings is 1. The van der Waals surface area contributed by atoms with Crippen molar-refractivity contribution in [1.29, 1.82) is 0 Å². The van der Waals surface area contributed by atoms with E-state index >= 15 is 0 Å². The molecule has 2 amide bonds. The van der Waals surface area contributed by atoms with Crippen LogP contribution in [0.5, 0.6) is 0 Å². The van der Waals surface area contributed by atoms with E-state index in [0.717, 1.165) is 5.56 Å². The number of nitrogens with zero attached hydrogens (tertiary/aromatic N) is 2. The number of hydrogen-bond acceptors (Lipinski definition) is 4. The van der Waals surface area contributed by atoms with E-state index in [9.17, 15) is 14.0 Å². The minimum absolute atomic E-state index is 0.00390. The molecule has 7 heteroatoms. The summed E-state index contributed by atoms with van der Waals surface area (Å²) >= 11 is 1.60. The molecule has 0 bridgehead atoms. The Labute approximate surface area is 157 Å². The average molecular weight is 380 g/mol. The molecule has 2 aliphatic heterocycles. The van der Waals surface area contributed by atoms with Gasteiger partial charge in [-0.1, -0.05) is 32.9 Å². The molecule has 2 atom stereocenters. The van der Waals surface area contributed by atoms with Crippen molar-refractivity contribution in [2.24, 2.45) is 5.41 Å². The summed E-state index contributed by atoms with van der Waals surface area (Å²) in [7, 11) is 0. The number of carbonyl (C=O) groups is 2. The van der Waals surface area contributed by atoms with Crippen molar-refractivity contribution >= 4 is 23.6 Å². The Morgan fingerprint density at radius 3 is 2.77 bits per heavy atom. The van der Waals surface area contributed by atoms with Gasteiger partial charge >= 0.3 is 0 Å². The van der Waals surface area contributed by atoms with E-state index in [-0.39, 0.29) is 23.7 Å². The van der Waals surface area contributed by atoms with Crippen LogP contribution in [0.3, 0.4) is 0 Å². The molecular weight excluding hydrogens is 355 g/mol. The standard InChI is InChI=1S/C19H25FN2O3S/c1-19(2,3)18(24)22-12-26-11-15(22)17(23)21-7-8-25-16(10-21)13-5-4-6-14(20)9-13/h4-6,9,15-16H,7-8,10-12H2,1-3H3. The van der Waals surface area contributed by atoms with Crippen molar-refractivity contribution in [3.63, 3.8) is 0 Å². The quantitative estimate of drug-likeness (QED) is 0.792. The number of carbonyl (C=O) groups excluding carboxylic acids is 2. The lowest BCUT2D eigenvalue weighted by Gasteiger charge is -2.37. The second kappa shape index (κ2) is 7.56. The molecule has 142 valence electrons. The Hall–Kier alpha value is -1.60. The highest BCUT2D eigenvalue weighted by Gasteiger charge is 2.41. The first-order valence-corrected chi connectivity index (χ1v) is 9.97. The van der Waals surface area contributed by atoms with Gasteiger partial charge in [0.25, 0.3) is 0 Å². The average Bonchev–Trinajstić information content (AvgIpc) is 3.09. The van der Waals surface area contributed by atoms with E-state index in [4.69, 9.17) is 4.74 Å². The molecule has 2 saturated heterocycles. The van der Waals surface area contributed by atoms with Crippen molar-refractivity contribution in [3.05, 3.63) is 35.6 Å². The summed E-state index contributed by atoms with van der Waals surface area (Å²) in [5.74, 6) is 0.795. The van der Waals surface area contributed by atoms with Gasteiger partial charge < -0.3 is 14.5 Å². The third-order valence-corrected chi connectivity index (χ3v) is 5.68. The van der Waals surface area contributed by atoms with Gasteiger partial charge in [-0.2, -0.15) is 0 Å². The zero-order valence-electron chi connectivity index (χ0n) is 15.4. The van der Waals surface area contributed by atoms with Gasteiger partial charge in [0, 0.05) is 17.7 Å². The van der Waals surface area contributed by atoms with Crippen LogP contribution in [0.4, 0.5) is 4.39 Å². The van der Waals surface area contributed by atoms with Gasteiger partial charge in [0.2, 0.25) is 11.8 Å². The molecule has 5 nitrogen and oxygen atoms in total. The Morgan fingerprint density at radius 2 is 2.08 bits per heavy atom. The van der Waals surface area contributed by atoms with E-state index in [0.29, 0.717) is 31.3 Å². The predicted octanol–water partition coefficient (Wildman–Crippen LogP) is 2.67. The molecule has 0 spiro atoms. The second-order valence-corrected chi connectivity index (χ2v) is 8.74. The van der Waals surface area contributed by atoms with Crippen LogP contribution in [0.1, 0.15) is 32.4 Å². The zero-order chi connectivity index (χ0) is 18.9. The maximum atomic E-state index is 13.5. The monoisotopic (exact) mass is 380 g/mol. The van der Waals surface area contributed by atoms with E-state index in [1.54, 1.807) is 27.6 Å². The highest BCUT2D eigenvalue weighted by atomic mass is 32.2. The molecule has 26 heavy (non-hydrogen) atoms. The van der Waals surface area contributed by atoms with E-state index in [1.165, 1.54) is 12.1 Å². The van der Waals surface area contributed by atoms with Crippen LogP contribution in [0.2, 0.25) is 0 Å². The highest BCUT2D eigenvalue weighted by Crippen LogP contribution is 2.30. The van der Waals surface area contributed by atoms with Crippen molar-refractivity contribution in [2.75, 3.05) is 31.3 Å². The molecule has 0 N–H and O–H groups in total. The first-order valence-electron chi connectivity index (χ1n) is 8.82. The van der Waals surface area contributed by atoms with E-state index in [2.05, 4.69) is 0 Å². The predicted molar refractivity (Wildman–Crippen MR) is 99.1 cm³/mol. The second-order valence-electron chi connectivity index (χ2n) is 7.74. The van der Waals surface area contributed by atoms with Crippen LogP contribution >= 0.6 is 11.8 Å². The van der Waals surface area contributed by atoms with Gasteiger partial charge in [0.15, 0.2) is 0 Å². The normalized spacial score (nSPS) is 24.0. The van der Waals surface area contributed by atoms with Gasteiger partial charge in [-0.3, -0.25) is 9.59 Å². The molecule has 0 saturated carbocycles. The minimum Gasteiger partial charge on any atom is -0.370 e. The molecule has 0 aromatic heterocycles. The highest BCUT2D eigenvalue weighted by molar-refractivity contribution is 7.99. The lowest BCUT2D eigenvalue weighted by molar-refractivity contribution is -0.151. The van der Waals surface area contributed by atoms with Crippen molar-refractivity contribution in [3.8, 4) is 0 Å². The minimum atomic E-state index is -0.515. The SMILES string of the molecule is CC(C)(C)C(=O)N1CSCC1C(=O)N1CCOC(c2cccc(F)c2)C1. The van der Waals surface area contributed by atoms with Crippen LogP contribution in [0, 0.1) is 11.2 Å². The molecule has 1 aromatic carbocycles. The van der Waals surface area contributed by atoms with Gasteiger partial charge in [-0.15, -0.1) is 11.8 Å². The van der Waals surface area contributed by atoms with Gasteiger partial charge in [0.05, 0.1) is 19.0 Å². The molecule has 2 aliphatic rings. The molecule has 0 radical (unpaired) electrons. The number of morpholine rings is 1. The number of ether oxygens (including phenoxy) is 1. The Kier molecular flexibility index (Phi) is 5.58. The van der Waals surface area contributed by atoms with E-state index in [1.807, 2.05) is 26.8 Å². The molecule has 3 rings (SSSR count). The van der Waals surface area contributed by atoms with Crippen molar-refractivity contribution in [2.45, 2.75) is 32.9 Å². The number of amides is 2. The lowest BCUT2D eigenvalue weighted by atomic mass is 9.94. The number of thioether (sulfide) groups is 1. The number of hydrogen-bond donors (Lipinski definition) is 0. The third-order valence-electron chi connectivity index (χ3n) is 4.67. The zero-order valence-corrected chi connectivity index (χ0v) is 16.2. The van der Waals surface area contributed by atoms with Gasteiger partial charge in [0.1, 0.15) is 18.0 Å². The summed E-state index contributed by atoms with van der Waals surface area (Å²) in [6, 6.07) is 5.85. The van der Waals surface area contributed by atoms with Crippen LogP contribution in [-0.2, 0) is 14.3 Å². The van der Waals surface area contributed by atoms with Gasteiger partial charge in [-0.25, -0.2) is 4.39 Å². The smallest absolute Gasteiger partial charge is 0.246 e. The Bertz CT molecular complexity index is 692. The maximum Gasteiger partial charge on any atom is 0.246 e. The largest absolute Gasteiger partial charge is 0.370 e. The Balaban J connectivity index is 1.72. The fourth-order valence-corrected chi connectivity index (χ4v) is 4.39. The lowest BCUT2D eigenvalue weighted by Crippen LogP contribution is -2.54. The fraction of sp³-hybridized carbons (Fsp3) is 0.579. The van der Waals surface area contributed by atoms with Crippen LogP contribution in [-0.4, -0.2) is 59.0 Å². The molecular formula is C19H25FN2O3S. The van der Waals surface area contributed by atoms with Crippen LogP contribution in [0.25, 0.3) is 0 Å². The topological polar surface area (TPSA) is 49.9 Å². The van der Waals surface area contributed by atoms with Crippen molar-refractivity contribution < 1.29 is 18.7 Å². The Morgan fingerprint density at radius 1 is 1.31 bits per heavy atom.